The van der Waals surface area contributed by atoms with Gasteiger partial charge in [-0.25, -0.2) is 0 Å². The molecule has 1 aromatic heterocycles. The smallest absolute Gasteiger partial charge is 0.307 e. The quantitative estimate of drug-likeness (QED) is 0.738. The van der Waals surface area contributed by atoms with Crippen LogP contribution in [0.5, 0.6) is 0 Å². The lowest BCUT2D eigenvalue weighted by Gasteiger charge is -2.20. The van der Waals surface area contributed by atoms with Crippen LogP contribution in [-0.2, 0) is 11.3 Å². The van der Waals surface area contributed by atoms with Gasteiger partial charge in [-0.3, -0.25) is 9.69 Å². The minimum Gasteiger partial charge on any atom is -0.481 e. The predicted molar refractivity (Wildman–Crippen MR) is 59.6 cm³/mol. The van der Waals surface area contributed by atoms with Crippen molar-refractivity contribution < 1.29 is 14.3 Å². The monoisotopic (exact) mass is 221 g/mol. The summed E-state index contributed by atoms with van der Waals surface area (Å²) in [5.74, 6) is 2.04. The number of aliphatic carboxylic acids is 1. The molecule has 1 N–H and O–H groups in total. The molecule has 0 aliphatic heterocycles. The van der Waals surface area contributed by atoms with Crippen molar-refractivity contribution in [3.05, 3.63) is 24.2 Å². The highest BCUT2D eigenvalue weighted by Crippen LogP contribution is 2.07. The van der Waals surface area contributed by atoms with Crippen molar-refractivity contribution in [2.75, 3.05) is 13.1 Å². The maximum atomic E-state index is 10.7. The fourth-order valence-corrected chi connectivity index (χ4v) is 1.40. The van der Waals surface area contributed by atoms with E-state index in [0.717, 1.165) is 5.76 Å². The summed E-state index contributed by atoms with van der Waals surface area (Å²) in [5.41, 5.74) is 0. The van der Waals surface area contributed by atoms with E-state index in [1.165, 1.54) is 0 Å². The molecule has 1 rings (SSSR count). The number of hydrogen-bond acceptors (Lipinski definition) is 3. The van der Waals surface area contributed by atoms with E-state index < -0.39 is 11.9 Å². The minimum absolute atomic E-state index is 0.415. The van der Waals surface area contributed by atoms with Crippen LogP contribution < -0.4 is 0 Å². The lowest BCUT2D eigenvalue weighted by atomic mass is 10.1. The Bertz CT molecular complexity index is 364. The van der Waals surface area contributed by atoms with E-state index in [0.29, 0.717) is 19.6 Å². The Balaban J connectivity index is 2.54. The van der Waals surface area contributed by atoms with E-state index in [9.17, 15) is 4.79 Å². The first-order valence-corrected chi connectivity index (χ1v) is 5.04. The normalized spacial score (nSPS) is 12.3. The second-order valence-corrected chi connectivity index (χ2v) is 3.69. The topological polar surface area (TPSA) is 53.7 Å². The Morgan fingerprint density at radius 3 is 3.00 bits per heavy atom. The summed E-state index contributed by atoms with van der Waals surface area (Å²) in [5, 5.41) is 8.82. The van der Waals surface area contributed by atoms with Crippen molar-refractivity contribution >= 4 is 5.97 Å². The number of rotatable bonds is 6. The van der Waals surface area contributed by atoms with Gasteiger partial charge in [0.25, 0.3) is 0 Å². The second kappa shape index (κ2) is 5.99. The second-order valence-electron chi connectivity index (χ2n) is 3.69. The molecule has 0 aliphatic carbocycles. The molecule has 0 aromatic carbocycles. The first-order valence-electron chi connectivity index (χ1n) is 5.04. The molecule has 1 heterocycles. The molecule has 0 aliphatic rings. The highest BCUT2D eigenvalue weighted by molar-refractivity contribution is 5.69. The molecule has 0 amide bonds. The van der Waals surface area contributed by atoms with Crippen LogP contribution in [0.1, 0.15) is 12.7 Å². The van der Waals surface area contributed by atoms with Gasteiger partial charge in [-0.05, 0) is 12.1 Å². The van der Waals surface area contributed by atoms with Gasteiger partial charge in [0, 0.05) is 6.54 Å². The summed E-state index contributed by atoms with van der Waals surface area (Å²) in [6.45, 7) is 3.03. The number of carboxylic acids is 1. The van der Waals surface area contributed by atoms with E-state index in [4.69, 9.17) is 15.9 Å². The van der Waals surface area contributed by atoms with Gasteiger partial charge in [-0.1, -0.05) is 12.8 Å². The number of carbonyl (C=O) groups is 1. The van der Waals surface area contributed by atoms with Crippen molar-refractivity contribution in [2.24, 2.45) is 5.92 Å². The molecule has 1 atom stereocenters. The average molecular weight is 221 g/mol. The number of carboxylic acid groups (broad SMARTS) is 1. The fourth-order valence-electron chi connectivity index (χ4n) is 1.40. The molecule has 0 radical (unpaired) electrons. The summed E-state index contributed by atoms with van der Waals surface area (Å²) in [4.78, 5) is 12.6. The van der Waals surface area contributed by atoms with Gasteiger partial charge in [-0.15, -0.1) is 6.42 Å². The van der Waals surface area contributed by atoms with Crippen LogP contribution in [0, 0.1) is 18.3 Å². The molecule has 86 valence electrons. The summed E-state index contributed by atoms with van der Waals surface area (Å²) in [6.07, 6.45) is 6.83. The average Bonchev–Trinajstić information content (AvgIpc) is 2.70. The molecule has 1 aromatic rings. The van der Waals surface area contributed by atoms with Crippen LogP contribution in [-0.4, -0.2) is 29.1 Å². The lowest BCUT2D eigenvalue weighted by molar-refractivity contribution is -0.141. The lowest BCUT2D eigenvalue weighted by Crippen LogP contribution is -2.31. The minimum atomic E-state index is -0.818. The SMILES string of the molecule is C#CCN(Cc1ccco1)CC(C)C(=O)O. The highest BCUT2D eigenvalue weighted by atomic mass is 16.4. The molecule has 4 heteroatoms. The molecule has 0 saturated carbocycles. The van der Waals surface area contributed by atoms with E-state index in [1.54, 1.807) is 19.3 Å². The summed E-state index contributed by atoms with van der Waals surface area (Å²) >= 11 is 0. The molecular weight excluding hydrogens is 206 g/mol. The predicted octanol–water partition coefficient (Wildman–Crippen LogP) is 1.44. The summed E-state index contributed by atoms with van der Waals surface area (Å²) < 4.78 is 5.19. The van der Waals surface area contributed by atoms with Gasteiger partial charge in [0.2, 0.25) is 0 Å². The van der Waals surface area contributed by atoms with Crippen molar-refractivity contribution in [3.8, 4) is 12.3 Å². The first kappa shape index (κ1) is 12.3. The van der Waals surface area contributed by atoms with E-state index in [1.807, 2.05) is 11.0 Å². The van der Waals surface area contributed by atoms with Crippen LogP contribution in [0.15, 0.2) is 22.8 Å². The molecule has 16 heavy (non-hydrogen) atoms. The van der Waals surface area contributed by atoms with Crippen LogP contribution in [0.3, 0.4) is 0 Å². The number of hydrogen-bond donors (Lipinski definition) is 1. The summed E-state index contributed by atoms with van der Waals surface area (Å²) in [6, 6.07) is 3.64. The third-order valence-electron chi connectivity index (χ3n) is 2.23. The standard InChI is InChI=1S/C12H15NO3/c1-3-6-13(8-10(2)12(14)15)9-11-5-4-7-16-11/h1,4-5,7,10H,6,8-9H2,2H3,(H,14,15). The van der Waals surface area contributed by atoms with Crippen molar-refractivity contribution in [1.82, 2.24) is 4.90 Å². The number of furan rings is 1. The number of nitrogens with zero attached hydrogens (tertiary/aromatic N) is 1. The molecule has 0 fully saturated rings. The Hall–Kier alpha value is -1.73. The number of terminal acetylenes is 1. The maximum Gasteiger partial charge on any atom is 0.307 e. The third-order valence-corrected chi connectivity index (χ3v) is 2.23. The molecule has 0 saturated heterocycles. The van der Waals surface area contributed by atoms with Gasteiger partial charge in [0.1, 0.15) is 5.76 Å². The Kier molecular flexibility index (Phi) is 4.62. The molecule has 4 nitrogen and oxygen atoms in total. The molecule has 0 bridgehead atoms. The third kappa shape index (κ3) is 3.79. The van der Waals surface area contributed by atoms with Crippen molar-refractivity contribution in [1.29, 1.82) is 0 Å². The van der Waals surface area contributed by atoms with Crippen LogP contribution in [0.4, 0.5) is 0 Å². The molecular formula is C12H15NO3. The van der Waals surface area contributed by atoms with Gasteiger partial charge >= 0.3 is 5.97 Å². The van der Waals surface area contributed by atoms with E-state index in [2.05, 4.69) is 5.92 Å². The zero-order chi connectivity index (χ0) is 12.0. The maximum absolute atomic E-state index is 10.7. The van der Waals surface area contributed by atoms with Gasteiger partial charge in [-0.2, -0.15) is 0 Å². The van der Waals surface area contributed by atoms with Gasteiger partial charge in [0.05, 0.1) is 25.3 Å². The van der Waals surface area contributed by atoms with Gasteiger partial charge in [0.15, 0.2) is 0 Å². The highest BCUT2D eigenvalue weighted by Gasteiger charge is 2.16. The van der Waals surface area contributed by atoms with Crippen LogP contribution >= 0.6 is 0 Å². The zero-order valence-electron chi connectivity index (χ0n) is 9.22. The van der Waals surface area contributed by atoms with E-state index in [-0.39, 0.29) is 0 Å². The zero-order valence-corrected chi connectivity index (χ0v) is 9.22. The van der Waals surface area contributed by atoms with E-state index >= 15 is 0 Å². The fraction of sp³-hybridized carbons (Fsp3) is 0.417. The first-order chi connectivity index (χ1) is 7.63. The molecule has 1 unspecified atom stereocenters. The molecule has 0 spiro atoms. The Morgan fingerprint density at radius 2 is 2.50 bits per heavy atom. The Labute approximate surface area is 94.9 Å². The van der Waals surface area contributed by atoms with Gasteiger partial charge < -0.3 is 9.52 Å². The largest absolute Gasteiger partial charge is 0.481 e. The Morgan fingerprint density at radius 1 is 1.75 bits per heavy atom. The summed E-state index contributed by atoms with van der Waals surface area (Å²) in [7, 11) is 0. The van der Waals surface area contributed by atoms with Crippen molar-refractivity contribution in [2.45, 2.75) is 13.5 Å². The van der Waals surface area contributed by atoms with Crippen LogP contribution in [0.2, 0.25) is 0 Å². The van der Waals surface area contributed by atoms with Crippen molar-refractivity contribution in [3.63, 3.8) is 0 Å². The van der Waals surface area contributed by atoms with Crippen LogP contribution in [0.25, 0.3) is 0 Å².